The van der Waals surface area contributed by atoms with Crippen molar-refractivity contribution < 1.29 is 13.5 Å². The van der Waals surface area contributed by atoms with Crippen molar-refractivity contribution in [2.45, 2.75) is 19.9 Å². The Labute approximate surface area is 110 Å². The fourth-order valence-electron chi connectivity index (χ4n) is 1.40. The molecule has 1 aromatic heterocycles. The standard InChI is InChI=1S/C11H19F2N3OS/c1-8-9(6-14-4-5-17-3)18-11(15-8)16(2)7-10(12)13/h10,14H,4-7H2,1-3H3. The molecule has 18 heavy (non-hydrogen) atoms. The summed E-state index contributed by atoms with van der Waals surface area (Å²) in [6.07, 6.45) is -2.34. The second-order valence-corrected chi connectivity index (χ2v) is 5.01. The van der Waals surface area contributed by atoms with Crippen LogP contribution in [0.3, 0.4) is 0 Å². The van der Waals surface area contributed by atoms with Crippen LogP contribution in [0.25, 0.3) is 0 Å². The van der Waals surface area contributed by atoms with Crippen molar-refractivity contribution in [3.05, 3.63) is 10.6 Å². The quantitative estimate of drug-likeness (QED) is 0.737. The number of nitrogens with one attached hydrogen (secondary N) is 1. The first-order valence-electron chi connectivity index (χ1n) is 5.69. The first-order chi connectivity index (χ1) is 8.54. The summed E-state index contributed by atoms with van der Waals surface area (Å²) in [5.41, 5.74) is 0.890. The van der Waals surface area contributed by atoms with E-state index in [4.69, 9.17) is 4.74 Å². The van der Waals surface area contributed by atoms with Crippen LogP contribution < -0.4 is 10.2 Å². The molecule has 0 unspecified atom stereocenters. The van der Waals surface area contributed by atoms with E-state index in [1.807, 2.05) is 6.92 Å². The van der Waals surface area contributed by atoms with Crippen LogP contribution in [0, 0.1) is 6.92 Å². The Kier molecular flexibility index (Phi) is 6.45. The van der Waals surface area contributed by atoms with Crippen molar-refractivity contribution in [2.24, 2.45) is 0 Å². The topological polar surface area (TPSA) is 37.4 Å². The molecular formula is C11H19F2N3OS. The van der Waals surface area contributed by atoms with Gasteiger partial charge in [-0.1, -0.05) is 0 Å². The van der Waals surface area contributed by atoms with Gasteiger partial charge in [-0.2, -0.15) is 0 Å². The lowest BCUT2D eigenvalue weighted by Crippen LogP contribution is -2.23. The molecule has 0 bridgehead atoms. The smallest absolute Gasteiger partial charge is 0.255 e. The molecule has 4 nitrogen and oxygen atoms in total. The zero-order valence-corrected chi connectivity index (χ0v) is 11.7. The van der Waals surface area contributed by atoms with Crippen LogP contribution in [0.1, 0.15) is 10.6 Å². The van der Waals surface area contributed by atoms with Crippen LogP contribution in [-0.2, 0) is 11.3 Å². The van der Waals surface area contributed by atoms with Crippen molar-refractivity contribution in [2.75, 3.05) is 38.8 Å². The summed E-state index contributed by atoms with van der Waals surface area (Å²) < 4.78 is 29.5. The minimum Gasteiger partial charge on any atom is -0.383 e. The van der Waals surface area contributed by atoms with E-state index in [9.17, 15) is 8.78 Å². The fraction of sp³-hybridized carbons (Fsp3) is 0.727. The molecule has 0 aliphatic heterocycles. The van der Waals surface area contributed by atoms with E-state index in [1.54, 1.807) is 14.2 Å². The molecule has 0 spiro atoms. The maximum Gasteiger partial charge on any atom is 0.255 e. The van der Waals surface area contributed by atoms with Gasteiger partial charge in [-0.05, 0) is 6.92 Å². The second-order valence-electron chi connectivity index (χ2n) is 3.95. The van der Waals surface area contributed by atoms with Crippen molar-refractivity contribution in [1.82, 2.24) is 10.3 Å². The summed E-state index contributed by atoms with van der Waals surface area (Å²) in [7, 11) is 3.28. The number of aromatic nitrogens is 1. The molecule has 104 valence electrons. The maximum atomic E-state index is 12.3. The Bertz CT molecular complexity index is 360. The fourth-order valence-corrected chi connectivity index (χ4v) is 2.40. The largest absolute Gasteiger partial charge is 0.383 e. The molecule has 7 heteroatoms. The monoisotopic (exact) mass is 279 g/mol. The number of methoxy groups -OCH3 is 1. The molecule has 0 saturated heterocycles. The molecule has 0 fully saturated rings. The molecule has 1 heterocycles. The third-order valence-corrected chi connectivity index (χ3v) is 3.66. The van der Waals surface area contributed by atoms with Gasteiger partial charge in [0.1, 0.15) is 0 Å². The zero-order chi connectivity index (χ0) is 13.5. The van der Waals surface area contributed by atoms with Gasteiger partial charge in [0.2, 0.25) is 0 Å². The van der Waals surface area contributed by atoms with Gasteiger partial charge in [0.25, 0.3) is 6.43 Å². The van der Waals surface area contributed by atoms with Crippen LogP contribution >= 0.6 is 11.3 Å². The first kappa shape index (κ1) is 15.3. The number of thiazole rings is 1. The number of ether oxygens (including phenoxy) is 1. The summed E-state index contributed by atoms with van der Waals surface area (Å²) in [6, 6.07) is 0. The number of halogens is 2. The van der Waals surface area contributed by atoms with Gasteiger partial charge in [-0.25, -0.2) is 13.8 Å². The zero-order valence-electron chi connectivity index (χ0n) is 10.9. The van der Waals surface area contributed by atoms with E-state index >= 15 is 0 Å². The van der Waals surface area contributed by atoms with Crippen molar-refractivity contribution >= 4 is 16.5 Å². The third-order valence-electron chi connectivity index (χ3n) is 2.39. The summed E-state index contributed by atoms with van der Waals surface area (Å²) in [5.74, 6) is 0. The molecule has 1 aromatic rings. The predicted octanol–water partition coefficient (Wildman–Crippen LogP) is 1.89. The van der Waals surface area contributed by atoms with Gasteiger partial charge in [0.15, 0.2) is 5.13 Å². The Balaban J connectivity index is 2.52. The Morgan fingerprint density at radius 3 is 2.83 bits per heavy atom. The van der Waals surface area contributed by atoms with E-state index in [0.29, 0.717) is 18.3 Å². The SMILES string of the molecule is COCCNCc1sc(N(C)CC(F)F)nc1C. The number of rotatable bonds is 8. The predicted molar refractivity (Wildman–Crippen MR) is 69.7 cm³/mol. The van der Waals surface area contributed by atoms with E-state index in [-0.39, 0.29) is 6.54 Å². The van der Waals surface area contributed by atoms with Crippen molar-refractivity contribution in [3.63, 3.8) is 0 Å². The molecule has 1 rings (SSSR count). The molecule has 1 N–H and O–H groups in total. The van der Waals surface area contributed by atoms with Gasteiger partial charge in [0.05, 0.1) is 18.8 Å². The van der Waals surface area contributed by atoms with Gasteiger partial charge < -0.3 is 15.0 Å². The highest BCUT2D eigenvalue weighted by Gasteiger charge is 2.14. The first-order valence-corrected chi connectivity index (χ1v) is 6.51. The van der Waals surface area contributed by atoms with E-state index in [1.165, 1.54) is 16.2 Å². The van der Waals surface area contributed by atoms with Crippen molar-refractivity contribution in [3.8, 4) is 0 Å². The molecule has 0 amide bonds. The average molecular weight is 279 g/mol. The van der Waals surface area contributed by atoms with Gasteiger partial charge >= 0.3 is 0 Å². The number of hydrogen-bond donors (Lipinski definition) is 1. The normalized spacial score (nSPS) is 11.2. The van der Waals surface area contributed by atoms with Crippen LogP contribution in [0.15, 0.2) is 0 Å². The maximum absolute atomic E-state index is 12.3. The van der Waals surface area contributed by atoms with E-state index in [2.05, 4.69) is 10.3 Å². The lowest BCUT2D eigenvalue weighted by Gasteiger charge is -2.14. The van der Waals surface area contributed by atoms with Crippen LogP contribution in [0.5, 0.6) is 0 Å². The molecule has 0 atom stereocenters. The lowest BCUT2D eigenvalue weighted by atomic mass is 10.4. The lowest BCUT2D eigenvalue weighted by molar-refractivity contribution is 0.156. The molecule has 0 aliphatic rings. The molecular weight excluding hydrogens is 260 g/mol. The number of nitrogens with zero attached hydrogens (tertiary/aromatic N) is 2. The van der Waals surface area contributed by atoms with Crippen LogP contribution in [-0.4, -0.2) is 45.3 Å². The van der Waals surface area contributed by atoms with Crippen molar-refractivity contribution in [1.29, 1.82) is 0 Å². The number of anilines is 1. The van der Waals surface area contributed by atoms with Crippen LogP contribution in [0.2, 0.25) is 0 Å². The Hall–Kier alpha value is -0.790. The van der Waals surface area contributed by atoms with Gasteiger partial charge in [-0.15, -0.1) is 11.3 Å². The molecule has 0 radical (unpaired) electrons. The highest BCUT2D eigenvalue weighted by Crippen LogP contribution is 2.25. The molecule has 0 saturated carbocycles. The van der Waals surface area contributed by atoms with E-state index in [0.717, 1.165) is 17.1 Å². The average Bonchev–Trinajstić information content (AvgIpc) is 2.66. The second kappa shape index (κ2) is 7.60. The van der Waals surface area contributed by atoms with Crippen LogP contribution in [0.4, 0.5) is 13.9 Å². The molecule has 0 aliphatic carbocycles. The summed E-state index contributed by atoms with van der Waals surface area (Å²) in [4.78, 5) is 6.86. The number of alkyl halides is 2. The van der Waals surface area contributed by atoms with E-state index < -0.39 is 6.43 Å². The van der Waals surface area contributed by atoms with Gasteiger partial charge in [-0.3, -0.25) is 0 Å². The highest BCUT2D eigenvalue weighted by molar-refractivity contribution is 7.15. The minimum absolute atomic E-state index is 0.288. The highest BCUT2D eigenvalue weighted by atomic mass is 32.1. The molecule has 0 aromatic carbocycles. The summed E-state index contributed by atoms with van der Waals surface area (Å²) >= 11 is 1.45. The third kappa shape index (κ3) is 4.83. The Morgan fingerprint density at radius 2 is 2.22 bits per heavy atom. The summed E-state index contributed by atoms with van der Waals surface area (Å²) in [6.45, 7) is 3.70. The summed E-state index contributed by atoms with van der Waals surface area (Å²) in [5, 5.41) is 3.85. The Morgan fingerprint density at radius 1 is 1.50 bits per heavy atom. The minimum atomic E-state index is -2.34. The number of hydrogen-bond acceptors (Lipinski definition) is 5. The number of aryl methyl sites for hydroxylation is 1. The van der Waals surface area contributed by atoms with Gasteiger partial charge in [0, 0.05) is 32.1 Å².